The monoisotopic (exact) mass is 206 g/mol. The highest BCUT2D eigenvalue weighted by atomic mass is 16.2. The van der Waals surface area contributed by atoms with Crippen LogP contribution in [0.15, 0.2) is 12.5 Å². The van der Waals surface area contributed by atoms with Crippen molar-refractivity contribution in [2.75, 3.05) is 18.0 Å². The average molecular weight is 206 g/mol. The predicted molar refractivity (Wildman–Crippen MR) is 56.3 cm³/mol. The molecule has 0 aromatic carbocycles. The Hall–Kier alpha value is -1.49. The molecule has 1 unspecified atom stereocenters. The SMILES string of the molecule is Cc1ncncc1N1CC(CN)CC1=O. The van der Waals surface area contributed by atoms with Gasteiger partial charge in [0.05, 0.1) is 17.6 Å². The molecule has 80 valence electrons. The summed E-state index contributed by atoms with van der Waals surface area (Å²) in [5.41, 5.74) is 7.20. The number of aryl methyl sites for hydroxylation is 1. The van der Waals surface area contributed by atoms with E-state index in [-0.39, 0.29) is 11.8 Å². The number of amides is 1. The predicted octanol–water partition coefficient (Wildman–Crippen LogP) is 0.0966. The lowest BCUT2D eigenvalue weighted by atomic mass is 10.1. The summed E-state index contributed by atoms with van der Waals surface area (Å²) in [6, 6.07) is 0. The van der Waals surface area contributed by atoms with Crippen molar-refractivity contribution >= 4 is 11.6 Å². The van der Waals surface area contributed by atoms with E-state index in [1.165, 1.54) is 6.33 Å². The standard InChI is InChI=1S/C10H14N4O/c1-7-9(4-12-6-13-7)14-5-8(3-11)2-10(14)15/h4,6,8H,2-3,5,11H2,1H3. The molecule has 2 N–H and O–H groups in total. The zero-order chi connectivity index (χ0) is 10.8. The highest BCUT2D eigenvalue weighted by Crippen LogP contribution is 2.25. The molecule has 1 amide bonds. The quantitative estimate of drug-likeness (QED) is 0.744. The smallest absolute Gasteiger partial charge is 0.227 e. The van der Waals surface area contributed by atoms with Gasteiger partial charge >= 0.3 is 0 Å². The Labute approximate surface area is 88.3 Å². The van der Waals surface area contributed by atoms with E-state index in [0.29, 0.717) is 19.5 Å². The zero-order valence-corrected chi connectivity index (χ0v) is 8.68. The van der Waals surface area contributed by atoms with Crippen molar-refractivity contribution in [1.29, 1.82) is 0 Å². The van der Waals surface area contributed by atoms with Crippen LogP contribution in [0.3, 0.4) is 0 Å². The first kappa shape index (κ1) is 10.0. The van der Waals surface area contributed by atoms with E-state index in [9.17, 15) is 4.79 Å². The minimum Gasteiger partial charge on any atom is -0.330 e. The lowest BCUT2D eigenvalue weighted by Gasteiger charge is -2.17. The summed E-state index contributed by atoms with van der Waals surface area (Å²) in [4.78, 5) is 21.5. The third-order valence-corrected chi connectivity index (χ3v) is 2.71. The van der Waals surface area contributed by atoms with Gasteiger partial charge in [-0.3, -0.25) is 4.79 Å². The second-order valence-corrected chi connectivity index (χ2v) is 3.80. The Morgan fingerprint density at radius 3 is 3.07 bits per heavy atom. The largest absolute Gasteiger partial charge is 0.330 e. The zero-order valence-electron chi connectivity index (χ0n) is 8.68. The Morgan fingerprint density at radius 2 is 2.47 bits per heavy atom. The van der Waals surface area contributed by atoms with Crippen LogP contribution in [0.2, 0.25) is 0 Å². The number of anilines is 1. The third-order valence-electron chi connectivity index (χ3n) is 2.71. The fraction of sp³-hybridized carbons (Fsp3) is 0.500. The van der Waals surface area contributed by atoms with Crippen LogP contribution in [0, 0.1) is 12.8 Å². The summed E-state index contributed by atoms with van der Waals surface area (Å²) in [7, 11) is 0. The van der Waals surface area contributed by atoms with Gasteiger partial charge in [0.15, 0.2) is 0 Å². The summed E-state index contributed by atoms with van der Waals surface area (Å²) in [6.45, 7) is 3.11. The summed E-state index contributed by atoms with van der Waals surface area (Å²) in [6.07, 6.45) is 3.70. The van der Waals surface area contributed by atoms with E-state index in [0.717, 1.165) is 11.4 Å². The van der Waals surface area contributed by atoms with Crippen molar-refractivity contribution in [1.82, 2.24) is 9.97 Å². The van der Waals surface area contributed by atoms with Gasteiger partial charge in [0, 0.05) is 13.0 Å². The van der Waals surface area contributed by atoms with Crippen LogP contribution in [0.25, 0.3) is 0 Å². The number of nitrogens with zero attached hydrogens (tertiary/aromatic N) is 3. The topological polar surface area (TPSA) is 72.1 Å². The van der Waals surface area contributed by atoms with Crippen molar-refractivity contribution in [3.8, 4) is 0 Å². The molecule has 15 heavy (non-hydrogen) atoms. The summed E-state index contributed by atoms with van der Waals surface area (Å²) in [5, 5.41) is 0. The number of hydrogen-bond acceptors (Lipinski definition) is 4. The highest BCUT2D eigenvalue weighted by Gasteiger charge is 2.30. The molecule has 1 aromatic heterocycles. The minimum atomic E-state index is 0.114. The van der Waals surface area contributed by atoms with Gasteiger partial charge in [-0.15, -0.1) is 0 Å². The van der Waals surface area contributed by atoms with Gasteiger partial charge in [0.1, 0.15) is 6.33 Å². The fourth-order valence-electron chi connectivity index (χ4n) is 1.82. The molecule has 1 atom stereocenters. The molecule has 2 rings (SSSR count). The molecule has 1 saturated heterocycles. The van der Waals surface area contributed by atoms with E-state index in [4.69, 9.17) is 5.73 Å². The van der Waals surface area contributed by atoms with Crippen molar-refractivity contribution in [3.63, 3.8) is 0 Å². The molecule has 1 aliphatic rings. The van der Waals surface area contributed by atoms with Crippen LogP contribution in [-0.2, 0) is 4.79 Å². The van der Waals surface area contributed by atoms with E-state index in [2.05, 4.69) is 9.97 Å². The lowest BCUT2D eigenvalue weighted by Crippen LogP contribution is -2.26. The first-order valence-corrected chi connectivity index (χ1v) is 4.99. The first-order valence-electron chi connectivity index (χ1n) is 4.99. The Kier molecular flexibility index (Phi) is 2.64. The van der Waals surface area contributed by atoms with Gasteiger partial charge in [-0.2, -0.15) is 0 Å². The second-order valence-electron chi connectivity index (χ2n) is 3.80. The molecule has 0 spiro atoms. The Balaban J connectivity index is 2.25. The van der Waals surface area contributed by atoms with Gasteiger partial charge < -0.3 is 10.6 Å². The number of aromatic nitrogens is 2. The number of nitrogens with two attached hydrogens (primary N) is 1. The molecule has 1 fully saturated rings. The molecular weight excluding hydrogens is 192 g/mol. The molecular formula is C10H14N4O. The van der Waals surface area contributed by atoms with Crippen LogP contribution in [0.1, 0.15) is 12.1 Å². The average Bonchev–Trinajstić information content (AvgIpc) is 2.60. The maximum absolute atomic E-state index is 11.7. The van der Waals surface area contributed by atoms with Crippen LogP contribution >= 0.6 is 0 Å². The summed E-state index contributed by atoms with van der Waals surface area (Å²) >= 11 is 0. The van der Waals surface area contributed by atoms with Gasteiger partial charge in [0.25, 0.3) is 0 Å². The Morgan fingerprint density at radius 1 is 1.67 bits per heavy atom. The van der Waals surface area contributed by atoms with Crippen LogP contribution in [-0.4, -0.2) is 29.0 Å². The molecule has 1 aliphatic heterocycles. The van der Waals surface area contributed by atoms with Gasteiger partial charge in [0.2, 0.25) is 5.91 Å². The lowest BCUT2D eigenvalue weighted by molar-refractivity contribution is -0.117. The molecule has 0 radical (unpaired) electrons. The fourth-order valence-corrected chi connectivity index (χ4v) is 1.82. The number of hydrogen-bond donors (Lipinski definition) is 1. The molecule has 0 aliphatic carbocycles. The van der Waals surface area contributed by atoms with E-state index in [1.54, 1.807) is 11.1 Å². The summed E-state index contributed by atoms with van der Waals surface area (Å²) in [5.74, 6) is 0.375. The van der Waals surface area contributed by atoms with E-state index in [1.807, 2.05) is 6.92 Å². The summed E-state index contributed by atoms with van der Waals surface area (Å²) < 4.78 is 0. The molecule has 0 bridgehead atoms. The van der Waals surface area contributed by atoms with Crippen molar-refractivity contribution in [2.45, 2.75) is 13.3 Å². The number of rotatable bonds is 2. The number of carbonyl (C=O) groups is 1. The molecule has 2 heterocycles. The molecule has 1 aromatic rings. The van der Waals surface area contributed by atoms with Crippen molar-refractivity contribution < 1.29 is 4.79 Å². The minimum absolute atomic E-state index is 0.114. The molecule has 5 heteroatoms. The number of carbonyl (C=O) groups excluding carboxylic acids is 1. The molecule has 5 nitrogen and oxygen atoms in total. The molecule has 0 saturated carbocycles. The van der Waals surface area contributed by atoms with Gasteiger partial charge in [-0.25, -0.2) is 9.97 Å². The maximum atomic E-state index is 11.7. The van der Waals surface area contributed by atoms with E-state index < -0.39 is 0 Å². The second kappa shape index (κ2) is 3.94. The first-order chi connectivity index (χ1) is 7.22. The van der Waals surface area contributed by atoms with Crippen molar-refractivity contribution in [2.24, 2.45) is 11.7 Å². The van der Waals surface area contributed by atoms with E-state index >= 15 is 0 Å². The normalized spacial score (nSPS) is 21.1. The third kappa shape index (κ3) is 1.83. The Bertz CT molecular complexity index is 379. The maximum Gasteiger partial charge on any atom is 0.227 e. The van der Waals surface area contributed by atoms with Crippen molar-refractivity contribution in [3.05, 3.63) is 18.2 Å². The van der Waals surface area contributed by atoms with Gasteiger partial charge in [-0.05, 0) is 19.4 Å². The highest BCUT2D eigenvalue weighted by molar-refractivity contribution is 5.96. The van der Waals surface area contributed by atoms with Crippen LogP contribution in [0.5, 0.6) is 0 Å². The van der Waals surface area contributed by atoms with Crippen LogP contribution in [0.4, 0.5) is 5.69 Å². The van der Waals surface area contributed by atoms with Crippen LogP contribution < -0.4 is 10.6 Å². The van der Waals surface area contributed by atoms with Gasteiger partial charge in [-0.1, -0.05) is 0 Å².